The second kappa shape index (κ2) is 7.00. The van der Waals surface area contributed by atoms with Gasteiger partial charge in [-0.2, -0.15) is 5.10 Å². The molecular formula is C20H25N5O4. The van der Waals surface area contributed by atoms with E-state index in [1.807, 2.05) is 40.7 Å². The summed E-state index contributed by atoms with van der Waals surface area (Å²) in [7, 11) is 1.96. The minimum Gasteiger partial charge on any atom is -0.349 e. The van der Waals surface area contributed by atoms with Crippen LogP contribution in [0.3, 0.4) is 0 Å². The number of nitrogens with zero attached hydrogens (tertiary/aromatic N) is 5. The molecule has 9 nitrogen and oxygen atoms in total. The van der Waals surface area contributed by atoms with Gasteiger partial charge in [-0.1, -0.05) is 0 Å². The summed E-state index contributed by atoms with van der Waals surface area (Å²) in [4.78, 5) is 28.9. The molecule has 0 aromatic carbocycles. The van der Waals surface area contributed by atoms with Gasteiger partial charge in [0.05, 0.1) is 25.5 Å². The largest absolute Gasteiger partial charge is 0.349 e. The van der Waals surface area contributed by atoms with E-state index in [9.17, 15) is 9.59 Å². The Kier molecular flexibility index (Phi) is 4.44. The summed E-state index contributed by atoms with van der Waals surface area (Å²) >= 11 is 0. The Hall–Kier alpha value is -2.65. The zero-order valence-corrected chi connectivity index (χ0v) is 16.5. The zero-order chi connectivity index (χ0) is 20.0. The minimum atomic E-state index is -0.514. The number of carbonyl (C=O) groups excluding carboxylic acids is 2. The van der Waals surface area contributed by atoms with Crippen LogP contribution >= 0.6 is 0 Å². The Morgan fingerprint density at radius 2 is 1.97 bits per heavy atom. The summed E-state index contributed by atoms with van der Waals surface area (Å²) in [6, 6.07) is 5.84. The van der Waals surface area contributed by atoms with Crippen LogP contribution in [0.15, 0.2) is 24.4 Å². The standard InChI is InChI=1S/C20H25N5O4/c1-22-7-2-3-16(22)15-13-17-24(18(26)4-8-25(17)21-15)14-19(27)23-9-5-20(6-10-23)28-11-12-29-20/h2-3,7,13H,4-6,8-12,14H2,1H3. The summed E-state index contributed by atoms with van der Waals surface area (Å²) in [5, 5.41) is 4.65. The predicted molar refractivity (Wildman–Crippen MR) is 104 cm³/mol. The minimum absolute atomic E-state index is 0.0335. The van der Waals surface area contributed by atoms with Crippen molar-refractivity contribution in [2.75, 3.05) is 37.7 Å². The molecule has 1 spiro atoms. The molecular weight excluding hydrogens is 374 g/mol. The van der Waals surface area contributed by atoms with Crippen molar-refractivity contribution in [3.63, 3.8) is 0 Å². The van der Waals surface area contributed by atoms with Gasteiger partial charge in [0.1, 0.15) is 18.1 Å². The van der Waals surface area contributed by atoms with E-state index in [4.69, 9.17) is 9.47 Å². The lowest BCUT2D eigenvalue weighted by Gasteiger charge is -2.38. The first-order valence-electron chi connectivity index (χ1n) is 10.1. The number of aryl methyl sites for hydroxylation is 2. The second-order valence-corrected chi connectivity index (χ2v) is 7.83. The molecule has 2 amide bonds. The first-order valence-corrected chi connectivity index (χ1v) is 10.1. The van der Waals surface area contributed by atoms with Gasteiger partial charge < -0.3 is 18.9 Å². The maximum Gasteiger partial charge on any atom is 0.242 e. The molecule has 5 rings (SSSR count). The molecule has 3 aliphatic rings. The Balaban J connectivity index is 1.31. The fourth-order valence-corrected chi connectivity index (χ4v) is 4.39. The van der Waals surface area contributed by atoms with E-state index in [1.54, 1.807) is 9.80 Å². The average molecular weight is 399 g/mol. The number of fused-ring (bicyclic) bond motifs is 1. The van der Waals surface area contributed by atoms with Gasteiger partial charge >= 0.3 is 0 Å². The molecule has 2 saturated heterocycles. The lowest BCUT2D eigenvalue weighted by molar-refractivity contribution is -0.187. The number of piperidine rings is 1. The number of rotatable bonds is 3. The third kappa shape index (κ3) is 3.24. The van der Waals surface area contributed by atoms with Gasteiger partial charge in [0.25, 0.3) is 0 Å². The van der Waals surface area contributed by atoms with Crippen LogP contribution in [0.5, 0.6) is 0 Å². The topological polar surface area (TPSA) is 81.8 Å². The van der Waals surface area contributed by atoms with Crippen LogP contribution in [0.1, 0.15) is 19.3 Å². The van der Waals surface area contributed by atoms with Crippen LogP contribution in [-0.4, -0.2) is 69.7 Å². The third-order valence-corrected chi connectivity index (χ3v) is 6.06. The van der Waals surface area contributed by atoms with Crippen molar-refractivity contribution >= 4 is 17.6 Å². The molecule has 3 aliphatic heterocycles. The quantitative estimate of drug-likeness (QED) is 0.769. The Morgan fingerprint density at radius 1 is 1.21 bits per heavy atom. The van der Waals surface area contributed by atoms with E-state index in [0.29, 0.717) is 57.9 Å². The van der Waals surface area contributed by atoms with Crippen molar-refractivity contribution in [2.45, 2.75) is 31.6 Å². The molecule has 29 heavy (non-hydrogen) atoms. The Bertz CT molecular complexity index is 933. The molecule has 2 aromatic heterocycles. The van der Waals surface area contributed by atoms with Crippen LogP contribution < -0.4 is 4.90 Å². The molecule has 0 aliphatic carbocycles. The molecule has 9 heteroatoms. The SMILES string of the molecule is Cn1cccc1-c1cc2n(n1)CCC(=O)N2CC(=O)N1CCC2(CC1)OCCO2. The number of ether oxygens (including phenoxy) is 2. The highest BCUT2D eigenvalue weighted by Crippen LogP contribution is 2.32. The first-order chi connectivity index (χ1) is 14.0. The van der Waals surface area contributed by atoms with E-state index < -0.39 is 5.79 Å². The van der Waals surface area contributed by atoms with Crippen LogP contribution in [0.2, 0.25) is 0 Å². The van der Waals surface area contributed by atoms with Crippen molar-refractivity contribution in [3.8, 4) is 11.4 Å². The van der Waals surface area contributed by atoms with Gasteiger partial charge in [-0.25, -0.2) is 4.68 Å². The highest BCUT2D eigenvalue weighted by atomic mass is 16.7. The van der Waals surface area contributed by atoms with E-state index in [0.717, 1.165) is 11.4 Å². The summed E-state index contributed by atoms with van der Waals surface area (Å²) < 4.78 is 15.3. The van der Waals surface area contributed by atoms with E-state index in [2.05, 4.69) is 5.10 Å². The second-order valence-electron chi connectivity index (χ2n) is 7.83. The van der Waals surface area contributed by atoms with Crippen molar-refractivity contribution in [1.29, 1.82) is 0 Å². The fraction of sp³-hybridized carbons (Fsp3) is 0.550. The number of carbonyl (C=O) groups is 2. The summed E-state index contributed by atoms with van der Waals surface area (Å²) in [6.45, 7) is 2.95. The monoisotopic (exact) mass is 399 g/mol. The lowest BCUT2D eigenvalue weighted by Crippen LogP contribution is -2.51. The van der Waals surface area contributed by atoms with Crippen molar-refractivity contribution in [2.24, 2.45) is 7.05 Å². The third-order valence-electron chi connectivity index (χ3n) is 6.06. The molecule has 2 aromatic rings. The maximum atomic E-state index is 12.9. The molecule has 154 valence electrons. The fourth-order valence-electron chi connectivity index (χ4n) is 4.39. The molecule has 5 heterocycles. The number of likely N-dealkylation sites (tertiary alicyclic amines) is 1. The van der Waals surface area contributed by atoms with Crippen LogP contribution in [0.25, 0.3) is 11.4 Å². The number of anilines is 1. The molecule has 0 saturated carbocycles. The Labute approximate surface area is 168 Å². The lowest BCUT2D eigenvalue weighted by atomic mass is 10.0. The summed E-state index contributed by atoms with van der Waals surface area (Å²) in [6.07, 6.45) is 3.64. The van der Waals surface area contributed by atoms with Crippen LogP contribution in [-0.2, 0) is 32.7 Å². The zero-order valence-electron chi connectivity index (χ0n) is 16.5. The normalized spacial score (nSPS) is 21.1. The molecule has 0 unspecified atom stereocenters. The molecule has 0 N–H and O–H groups in total. The summed E-state index contributed by atoms with van der Waals surface area (Å²) in [5.74, 6) is 0.0726. The van der Waals surface area contributed by atoms with Gasteiger partial charge in [0, 0.05) is 51.7 Å². The van der Waals surface area contributed by atoms with Crippen molar-refractivity contribution in [3.05, 3.63) is 24.4 Å². The van der Waals surface area contributed by atoms with Gasteiger partial charge in [-0.3, -0.25) is 14.5 Å². The first kappa shape index (κ1) is 18.4. The average Bonchev–Trinajstić information content (AvgIpc) is 3.44. The number of aromatic nitrogens is 3. The maximum absolute atomic E-state index is 12.9. The van der Waals surface area contributed by atoms with Gasteiger partial charge in [-0.15, -0.1) is 0 Å². The number of hydrogen-bond donors (Lipinski definition) is 0. The molecule has 0 atom stereocenters. The van der Waals surface area contributed by atoms with Crippen molar-refractivity contribution in [1.82, 2.24) is 19.2 Å². The molecule has 0 radical (unpaired) electrons. The number of amides is 2. The molecule has 2 fully saturated rings. The number of hydrogen-bond acceptors (Lipinski definition) is 5. The van der Waals surface area contributed by atoms with E-state index in [-0.39, 0.29) is 18.4 Å². The highest BCUT2D eigenvalue weighted by molar-refractivity contribution is 5.99. The summed E-state index contributed by atoms with van der Waals surface area (Å²) in [5.41, 5.74) is 1.78. The highest BCUT2D eigenvalue weighted by Gasteiger charge is 2.41. The van der Waals surface area contributed by atoms with Gasteiger partial charge in [0.2, 0.25) is 11.8 Å². The van der Waals surface area contributed by atoms with E-state index >= 15 is 0 Å². The van der Waals surface area contributed by atoms with E-state index in [1.165, 1.54) is 0 Å². The predicted octanol–water partition coefficient (Wildman–Crippen LogP) is 0.991. The van der Waals surface area contributed by atoms with Crippen LogP contribution in [0.4, 0.5) is 5.82 Å². The van der Waals surface area contributed by atoms with Crippen LogP contribution in [0, 0.1) is 0 Å². The Morgan fingerprint density at radius 3 is 2.66 bits per heavy atom. The van der Waals surface area contributed by atoms with Crippen molar-refractivity contribution < 1.29 is 19.1 Å². The van der Waals surface area contributed by atoms with Gasteiger partial charge in [0.15, 0.2) is 5.79 Å². The smallest absolute Gasteiger partial charge is 0.242 e. The van der Waals surface area contributed by atoms with Gasteiger partial charge in [-0.05, 0) is 12.1 Å². The molecule has 0 bridgehead atoms.